The van der Waals surface area contributed by atoms with Crippen LogP contribution in [-0.4, -0.2) is 58.6 Å². The highest BCUT2D eigenvalue weighted by molar-refractivity contribution is 6.20. The molecule has 8 nitrogen and oxygen atoms in total. The van der Waals surface area contributed by atoms with Crippen LogP contribution in [0.3, 0.4) is 0 Å². The molecular formula is C18H19FN6O2. The maximum Gasteiger partial charge on any atom is 0.331 e. The third-order valence-corrected chi connectivity index (χ3v) is 4.49. The third-order valence-electron chi connectivity index (χ3n) is 4.49. The molecule has 1 aromatic carbocycles. The number of halogens is 1. The zero-order valence-electron chi connectivity index (χ0n) is 14.9. The number of hydrogen-bond donors (Lipinski definition) is 1. The van der Waals surface area contributed by atoms with Gasteiger partial charge < -0.3 is 5.32 Å². The van der Waals surface area contributed by atoms with Crippen molar-refractivity contribution in [3.63, 3.8) is 0 Å². The van der Waals surface area contributed by atoms with Crippen molar-refractivity contribution in [3.05, 3.63) is 41.8 Å². The second-order valence-electron chi connectivity index (χ2n) is 6.35. The molecule has 0 aliphatic carbocycles. The lowest BCUT2D eigenvalue weighted by Crippen LogP contribution is -2.53. The van der Waals surface area contributed by atoms with Gasteiger partial charge in [0.2, 0.25) is 5.91 Å². The van der Waals surface area contributed by atoms with Gasteiger partial charge in [0, 0.05) is 13.1 Å². The number of fused-ring (bicyclic) bond motifs is 3. The summed E-state index contributed by atoms with van der Waals surface area (Å²) in [7, 11) is 0. The highest BCUT2D eigenvalue weighted by Gasteiger charge is 2.41. The number of aliphatic imine (C=N–C) groups is 1. The number of carbonyl (C=O) groups excluding carboxylic acids is 2. The molecule has 27 heavy (non-hydrogen) atoms. The van der Waals surface area contributed by atoms with E-state index < -0.39 is 0 Å². The molecule has 140 valence electrons. The highest BCUT2D eigenvalue weighted by atomic mass is 19.1. The zero-order valence-corrected chi connectivity index (χ0v) is 14.9. The molecule has 1 aromatic heterocycles. The maximum atomic E-state index is 13.3. The Kier molecular flexibility index (Phi) is 4.35. The molecule has 0 atom stereocenters. The second-order valence-corrected chi connectivity index (χ2v) is 6.35. The van der Waals surface area contributed by atoms with Crippen LogP contribution in [0.2, 0.25) is 0 Å². The molecule has 2 aliphatic heterocycles. The number of nitrogens with zero attached hydrogens (tertiary/aromatic N) is 5. The van der Waals surface area contributed by atoms with Crippen LogP contribution in [0.15, 0.2) is 35.5 Å². The quantitative estimate of drug-likeness (QED) is 0.867. The van der Waals surface area contributed by atoms with Gasteiger partial charge in [0.05, 0.1) is 24.0 Å². The summed E-state index contributed by atoms with van der Waals surface area (Å²) >= 11 is 0. The Balaban J connectivity index is 1.77. The highest BCUT2D eigenvalue weighted by Crippen LogP contribution is 2.32. The summed E-state index contributed by atoms with van der Waals surface area (Å²) in [6.45, 7) is 3.37. The molecule has 0 radical (unpaired) electrons. The molecule has 0 spiro atoms. The first kappa shape index (κ1) is 17.2. The van der Waals surface area contributed by atoms with Crippen molar-refractivity contribution in [2.45, 2.75) is 13.3 Å². The van der Waals surface area contributed by atoms with Gasteiger partial charge in [0.25, 0.3) is 0 Å². The number of carbonyl (C=O) groups is 2. The Morgan fingerprint density at radius 3 is 2.81 bits per heavy atom. The van der Waals surface area contributed by atoms with E-state index in [1.807, 2.05) is 6.92 Å². The van der Waals surface area contributed by atoms with Gasteiger partial charge >= 0.3 is 6.03 Å². The van der Waals surface area contributed by atoms with E-state index in [2.05, 4.69) is 15.4 Å². The molecule has 0 fully saturated rings. The Hall–Kier alpha value is -3.23. The topological polar surface area (TPSA) is 82.8 Å². The largest absolute Gasteiger partial charge is 0.355 e. The Morgan fingerprint density at radius 2 is 2.07 bits per heavy atom. The summed E-state index contributed by atoms with van der Waals surface area (Å²) in [4.78, 5) is 32.7. The van der Waals surface area contributed by atoms with E-state index in [1.54, 1.807) is 23.2 Å². The van der Waals surface area contributed by atoms with Crippen LogP contribution in [0.1, 0.15) is 18.9 Å². The van der Waals surface area contributed by atoms with Gasteiger partial charge in [-0.15, -0.1) is 0 Å². The first-order chi connectivity index (χ1) is 13.1. The summed E-state index contributed by atoms with van der Waals surface area (Å²) in [5, 5.41) is 7.16. The van der Waals surface area contributed by atoms with Crippen LogP contribution in [-0.2, 0) is 4.79 Å². The summed E-state index contributed by atoms with van der Waals surface area (Å²) in [6, 6.07) is 5.49. The molecule has 0 saturated carbocycles. The molecule has 0 bridgehead atoms. The number of nitrogens with one attached hydrogen (secondary N) is 1. The van der Waals surface area contributed by atoms with Gasteiger partial charge in [-0.2, -0.15) is 5.10 Å². The van der Waals surface area contributed by atoms with E-state index in [4.69, 9.17) is 0 Å². The lowest BCUT2D eigenvalue weighted by atomic mass is 10.2. The maximum absolute atomic E-state index is 13.3. The molecule has 9 heteroatoms. The molecule has 3 heterocycles. The summed E-state index contributed by atoms with van der Waals surface area (Å²) < 4.78 is 14.8. The molecule has 1 N–H and O–H groups in total. The minimum Gasteiger partial charge on any atom is -0.355 e. The van der Waals surface area contributed by atoms with Gasteiger partial charge in [-0.05, 0) is 30.7 Å². The van der Waals surface area contributed by atoms with Crippen molar-refractivity contribution in [3.8, 4) is 5.69 Å². The fraction of sp³-hybridized carbons (Fsp3) is 0.333. The fourth-order valence-electron chi connectivity index (χ4n) is 3.24. The molecular weight excluding hydrogens is 351 g/mol. The smallest absolute Gasteiger partial charge is 0.331 e. The van der Waals surface area contributed by atoms with E-state index in [1.165, 1.54) is 21.7 Å². The average molecular weight is 370 g/mol. The number of urea groups is 1. The number of amidine groups is 1. The van der Waals surface area contributed by atoms with Crippen LogP contribution in [0.5, 0.6) is 0 Å². The summed E-state index contributed by atoms with van der Waals surface area (Å²) in [5.74, 6) is 0.421. The number of benzene rings is 1. The summed E-state index contributed by atoms with van der Waals surface area (Å²) in [6.07, 6.45) is 2.43. The van der Waals surface area contributed by atoms with Crippen LogP contribution in [0.25, 0.3) is 5.69 Å². The third kappa shape index (κ3) is 2.94. The number of rotatable bonds is 5. The van der Waals surface area contributed by atoms with E-state index >= 15 is 0 Å². The number of amides is 3. The number of hydrogen-bond acceptors (Lipinski definition) is 4. The van der Waals surface area contributed by atoms with Crippen molar-refractivity contribution in [2.75, 3.05) is 31.1 Å². The van der Waals surface area contributed by atoms with Gasteiger partial charge in [-0.1, -0.05) is 6.92 Å². The Morgan fingerprint density at radius 1 is 1.30 bits per heavy atom. The van der Waals surface area contributed by atoms with Crippen LogP contribution in [0.4, 0.5) is 15.0 Å². The monoisotopic (exact) mass is 370 g/mol. The normalized spacial score (nSPS) is 15.5. The SMILES string of the molecule is CCCNC(=O)CN1C(=O)N2CCN=C2c2cnn(-c3ccc(F)cc3)c21. The lowest BCUT2D eigenvalue weighted by Gasteiger charge is -2.33. The minimum atomic E-state index is -0.363. The molecule has 3 amide bonds. The molecule has 0 unspecified atom stereocenters. The van der Waals surface area contributed by atoms with Crippen molar-refractivity contribution in [2.24, 2.45) is 4.99 Å². The average Bonchev–Trinajstić information content (AvgIpc) is 3.31. The van der Waals surface area contributed by atoms with Gasteiger partial charge in [0.1, 0.15) is 18.2 Å². The molecule has 0 saturated heterocycles. The molecule has 4 rings (SSSR count). The standard InChI is InChI=1S/C18H19FN6O2/c1-2-7-20-15(26)11-24-17-14(16-21-8-9-23(16)18(24)27)10-22-25(17)13-5-3-12(19)4-6-13/h3-6,10H,2,7-9,11H2,1H3,(H,20,26). The summed E-state index contributed by atoms with van der Waals surface area (Å²) in [5.41, 5.74) is 1.27. The van der Waals surface area contributed by atoms with Gasteiger partial charge in [-0.3, -0.25) is 19.6 Å². The molecule has 2 aromatic rings. The van der Waals surface area contributed by atoms with Crippen LogP contribution >= 0.6 is 0 Å². The predicted molar refractivity (Wildman–Crippen MR) is 97.7 cm³/mol. The first-order valence-corrected chi connectivity index (χ1v) is 8.84. The van der Waals surface area contributed by atoms with Crippen LogP contribution in [0, 0.1) is 5.82 Å². The van der Waals surface area contributed by atoms with Gasteiger partial charge in [-0.25, -0.2) is 13.9 Å². The van der Waals surface area contributed by atoms with E-state index in [-0.39, 0.29) is 24.3 Å². The second kappa shape index (κ2) is 6.82. The predicted octanol–water partition coefficient (Wildman–Crippen LogP) is 1.54. The van der Waals surface area contributed by atoms with E-state index in [0.717, 1.165) is 6.42 Å². The minimum absolute atomic E-state index is 0.123. The van der Waals surface area contributed by atoms with Crippen molar-refractivity contribution < 1.29 is 14.0 Å². The molecule has 2 aliphatic rings. The lowest BCUT2D eigenvalue weighted by molar-refractivity contribution is -0.119. The van der Waals surface area contributed by atoms with Gasteiger partial charge in [0.15, 0.2) is 5.82 Å². The Labute approximate surface area is 155 Å². The van der Waals surface area contributed by atoms with Crippen molar-refractivity contribution in [1.82, 2.24) is 20.0 Å². The van der Waals surface area contributed by atoms with Crippen LogP contribution < -0.4 is 10.2 Å². The number of aromatic nitrogens is 2. The van der Waals surface area contributed by atoms with E-state index in [0.29, 0.717) is 42.5 Å². The van der Waals surface area contributed by atoms with Crippen molar-refractivity contribution in [1.29, 1.82) is 0 Å². The Bertz CT molecular complexity index is 920. The van der Waals surface area contributed by atoms with E-state index in [9.17, 15) is 14.0 Å². The fourth-order valence-corrected chi connectivity index (χ4v) is 3.24. The number of anilines is 1. The van der Waals surface area contributed by atoms with Crippen molar-refractivity contribution >= 4 is 23.6 Å². The first-order valence-electron chi connectivity index (χ1n) is 8.84. The zero-order chi connectivity index (χ0) is 19.0.